The number of pyridine rings is 1. The third-order valence-corrected chi connectivity index (χ3v) is 2.80. The van der Waals surface area contributed by atoms with Gasteiger partial charge in [-0.1, -0.05) is 11.3 Å². The molecule has 0 spiro atoms. The molecule has 0 unspecified atom stereocenters. The molecule has 2 heterocycles. The van der Waals surface area contributed by atoms with Gasteiger partial charge in [0, 0.05) is 18.2 Å². The van der Waals surface area contributed by atoms with E-state index >= 15 is 0 Å². The summed E-state index contributed by atoms with van der Waals surface area (Å²) in [5, 5.41) is 1.06. The third kappa shape index (κ3) is 2.08. The summed E-state index contributed by atoms with van der Waals surface area (Å²) in [5.74, 6) is 0. The second-order valence-electron chi connectivity index (χ2n) is 4.10. The van der Waals surface area contributed by atoms with Crippen LogP contribution < -0.4 is 5.73 Å². The summed E-state index contributed by atoms with van der Waals surface area (Å²) >= 11 is 1.62. The fraction of sp³-hybridized carbons (Fsp3) is 0.400. The molecule has 0 aromatic carbocycles. The summed E-state index contributed by atoms with van der Waals surface area (Å²) in [4.78, 5) is 9.71. The largest absolute Gasteiger partial charge is 0.325 e. The predicted molar refractivity (Wildman–Crippen MR) is 59.4 cm³/mol. The molecule has 2 aromatic heterocycles. The van der Waals surface area contributed by atoms with Gasteiger partial charge in [0.15, 0.2) is 0 Å². The van der Waals surface area contributed by atoms with Gasteiger partial charge < -0.3 is 5.73 Å². The van der Waals surface area contributed by atoms with Gasteiger partial charge in [-0.05, 0) is 26.0 Å². The molecule has 3 nitrogen and oxygen atoms in total. The molecule has 0 radical (unpaired) electrons. The number of fused-ring (bicyclic) bond motifs is 1. The average molecular weight is 207 g/mol. The summed E-state index contributed by atoms with van der Waals surface area (Å²) in [6.07, 6.45) is 2.59. The lowest BCUT2D eigenvalue weighted by Crippen LogP contribution is -2.34. The molecule has 2 aromatic rings. The van der Waals surface area contributed by atoms with Gasteiger partial charge in [-0.3, -0.25) is 0 Å². The lowest BCUT2D eigenvalue weighted by Gasteiger charge is -2.15. The van der Waals surface area contributed by atoms with Crippen LogP contribution in [0.4, 0.5) is 0 Å². The number of nitrogens with two attached hydrogens (primary N) is 1. The van der Waals surface area contributed by atoms with Gasteiger partial charge in [0.05, 0.1) is 5.01 Å². The number of rotatable bonds is 2. The topological polar surface area (TPSA) is 51.8 Å². The van der Waals surface area contributed by atoms with Crippen molar-refractivity contribution in [2.24, 2.45) is 5.73 Å². The highest BCUT2D eigenvalue weighted by molar-refractivity contribution is 7.18. The Morgan fingerprint density at radius 3 is 2.93 bits per heavy atom. The van der Waals surface area contributed by atoms with Gasteiger partial charge in [0.1, 0.15) is 10.3 Å². The van der Waals surface area contributed by atoms with Gasteiger partial charge in [0.2, 0.25) is 0 Å². The molecular weight excluding hydrogens is 194 g/mol. The van der Waals surface area contributed by atoms with Crippen molar-refractivity contribution in [2.75, 3.05) is 0 Å². The molecule has 2 rings (SSSR count). The van der Waals surface area contributed by atoms with Crippen molar-refractivity contribution >= 4 is 21.7 Å². The Morgan fingerprint density at radius 2 is 2.29 bits per heavy atom. The van der Waals surface area contributed by atoms with E-state index in [1.54, 1.807) is 17.5 Å². The van der Waals surface area contributed by atoms with E-state index in [2.05, 4.69) is 9.97 Å². The Balaban J connectivity index is 2.36. The van der Waals surface area contributed by atoms with Crippen molar-refractivity contribution in [3.63, 3.8) is 0 Å². The molecular formula is C10H13N3S. The van der Waals surface area contributed by atoms with Gasteiger partial charge >= 0.3 is 0 Å². The zero-order valence-corrected chi connectivity index (χ0v) is 9.14. The molecule has 0 amide bonds. The van der Waals surface area contributed by atoms with Crippen LogP contribution in [0.15, 0.2) is 18.3 Å². The molecule has 0 atom stereocenters. The maximum Gasteiger partial charge on any atom is 0.143 e. The van der Waals surface area contributed by atoms with Gasteiger partial charge in [0.25, 0.3) is 0 Å². The SMILES string of the molecule is CC(C)(N)Cc1nc2cccnc2s1. The first-order valence-electron chi connectivity index (χ1n) is 4.54. The van der Waals surface area contributed by atoms with Crippen LogP contribution in [-0.2, 0) is 6.42 Å². The van der Waals surface area contributed by atoms with Crippen LogP contribution in [0.5, 0.6) is 0 Å². The lowest BCUT2D eigenvalue weighted by atomic mass is 10.0. The molecule has 4 heteroatoms. The number of thiazole rings is 1. The fourth-order valence-electron chi connectivity index (χ4n) is 1.28. The van der Waals surface area contributed by atoms with Crippen LogP contribution in [0, 0.1) is 0 Å². The van der Waals surface area contributed by atoms with Crippen molar-refractivity contribution in [3.05, 3.63) is 23.3 Å². The summed E-state index contributed by atoms with van der Waals surface area (Å²) in [6, 6.07) is 3.88. The normalized spacial score (nSPS) is 12.2. The van der Waals surface area contributed by atoms with E-state index in [4.69, 9.17) is 5.73 Å². The second kappa shape index (κ2) is 3.29. The van der Waals surface area contributed by atoms with Crippen molar-refractivity contribution in [2.45, 2.75) is 25.8 Å². The quantitative estimate of drug-likeness (QED) is 0.819. The highest BCUT2D eigenvalue weighted by Gasteiger charge is 2.14. The zero-order chi connectivity index (χ0) is 10.2. The second-order valence-corrected chi connectivity index (χ2v) is 5.16. The van der Waals surface area contributed by atoms with Crippen molar-refractivity contribution < 1.29 is 0 Å². The van der Waals surface area contributed by atoms with Crippen LogP contribution in [-0.4, -0.2) is 15.5 Å². The smallest absolute Gasteiger partial charge is 0.143 e. The number of hydrogen-bond donors (Lipinski definition) is 1. The molecule has 74 valence electrons. The molecule has 2 N–H and O–H groups in total. The van der Waals surface area contributed by atoms with Crippen molar-refractivity contribution in [1.82, 2.24) is 9.97 Å². The summed E-state index contributed by atoms with van der Waals surface area (Å²) < 4.78 is 0. The Bertz CT molecular complexity index is 409. The highest BCUT2D eigenvalue weighted by atomic mass is 32.1. The molecule has 14 heavy (non-hydrogen) atoms. The van der Waals surface area contributed by atoms with Crippen LogP contribution in [0.25, 0.3) is 10.3 Å². The third-order valence-electron chi connectivity index (χ3n) is 1.82. The van der Waals surface area contributed by atoms with E-state index in [9.17, 15) is 0 Å². The van der Waals surface area contributed by atoms with Crippen LogP contribution in [0.2, 0.25) is 0 Å². The maximum atomic E-state index is 5.94. The summed E-state index contributed by atoms with van der Waals surface area (Å²) in [6.45, 7) is 4.01. The van der Waals surface area contributed by atoms with Gasteiger partial charge in [-0.2, -0.15) is 0 Å². The van der Waals surface area contributed by atoms with Crippen LogP contribution in [0.3, 0.4) is 0 Å². The summed E-state index contributed by atoms with van der Waals surface area (Å²) in [7, 11) is 0. The molecule has 0 aliphatic heterocycles. The van der Waals surface area contributed by atoms with Gasteiger partial charge in [-0.15, -0.1) is 0 Å². The van der Waals surface area contributed by atoms with E-state index in [0.29, 0.717) is 0 Å². The first kappa shape index (κ1) is 9.55. The van der Waals surface area contributed by atoms with Gasteiger partial charge in [-0.25, -0.2) is 9.97 Å². The molecule has 0 bridgehead atoms. The standard InChI is InChI=1S/C10H13N3S/c1-10(2,11)6-8-13-7-4-3-5-12-9(7)14-8/h3-5H,6,11H2,1-2H3. The Labute approximate surface area is 87.0 Å². The van der Waals surface area contributed by atoms with Crippen molar-refractivity contribution in [3.8, 4) is 0 Å². The Kier molecular flexibility index (Phi) is 2.25. The Morgan fingerprint density at radius 1 is 1.50 bits per heavy atom. The Hall–Kier alpha value is -1.00. The minimum Gasteiger partial charge on any atom is -0.325 e. The van der Waals surface area contributed by atoms with Crippen molar-refractivity contribution in [1.29, 1.82) is 0 Å². The molecule has 0 aliphatic carbocycles. The minimum atomic E-state index is -0.201. The first-order chi connectivity index (χ1) is 6.54. The lowest BCUT2D eigenvalue weighted by molar-refractivity contribution is 0.516. The van der Waals surface area contributed by atoms with E-state index in [1.807, 2.05) is 26.0 Å². The molecule has 0 saturated heterocycles. The monoisotopic (exact) mass is 207 g/mol. The molecule has 0 aliphatic rings. The highest BCUT2D eigenvalue weighted by Crippen LogP contribution is 2.21. The number of hydrogen-bond acceptors (Lipinski definition) is 4. The summed E-state index contributed by atoms with van der Waals surface area (Å²) in [5.41, 5.74) is 6.70. The number of nitrogens with zero attached hydrogens (tertiary/aromatic N) is 2. The molecule has 0 fully saturated rings. The fourth-order valence-corrected chi connectivity index (χ4v) is 2.42. The molecule has 0 saturated carbocycles. The zero-order valence-electron chi connectivity index (χ0n) is 8.32. The number of aromatic nitrogens is 2. The predicted octanol–water partition coefficient (Wildman–Crippen LogP) is 1.97. The van der Waals surface area contributed by atoms with E-state index in [-0.39, 0.29) is 5.54 Å². The van der Waals surface area contributed by atoms with Crippen LogP contribution in [0.1, 0.15) is 18.9 Å². The van der Waals surface area contributed by atoms with E-state index in [1.165, 1.54) is 0 Å². The van der Waals surface area contributed by atoms with Crippen LogP contribution >= 0.6 is 11.3 Å². The first-order valence-corrected chi connectivity index (χ1v) is 5.35. The van der Waals surface area contributed by atoms with E-state index < -0.39 is 0 Å². The van der Waals surface area contributed by atoms with E-state index in [0.717, 1.165) is 21.8 Å². The average Bonchev–Trinajstić information content (AvgIpc) is 2.42. The maximum absolute atomic E-state index is 5.94. The minimum absolute atomic E-state index is 0.201.